The minimum atomic E-state index is 0.0417. The molecule has 2 aliphatic rings. The van der Waals surface area contributed by atoms with E-state index in [-0.39, 0.29) is 12.5 Å². The maximum Gasteiger partial charge on any atom is 0.260 e. The molecule has 178 valence electrons. The number of nitrogens with zero attached hydrogens (tertiary/aromatic N) is 4. The van der Waals surface area contributed by atoms with Crippen LogP contribution in [0.2, 0.25) is 0 Å². The van der Waals surface area contributed by atoms with Crippen LogP contribution in [-0.4, -0.2) is 58.6 Å². The molecule has 0 radical (unpaired) electrons. The van der Waals surface area contributed by atoms with E-state index >= 15 is 0 Å². The smallest absolute Gasteiger partial charge is 0.260 e. The molecule has 1 aliphatic heterocycles. The van der Waals surface area contributed by atoms with Crippen molar-refractivity contribution in [2.45, 2.75) is 45.1 Å². The summed E-state index contributed by atoms with van der Waals surface area (Å²) < 4.78 is 11.3. The number of rotatable bonds is 7. The Labute approximate surface area is 200 Å². The summed E-state index contributed by atoms with van der Waals surface area (Å²) in [5.41, 5.74) is 3.25. The third-order valence-corrected chi connectivity index (χ3v) is 6.91. The fourth-order valence-corrected chi connectivity index (χ4v) is 4.86. The van der Waals surface area contributed by atoms with Gasteiger partial charge in [-0.1, -0.05) is 54.4 Å². The zero-order valence-electron chi connectivity index (χ0n) is 19.8. The molecule has 1 saturated carbocycles. The molecule has 2 fully saturated rings. The summed E-state index contributed by atoms with van der Waals surface area (Å²) in [6, 6.07) is 16.2. The first kappa shape index (κ1) is 22.6. The number of carbonyl (C=O) groups excluding carboxylic acids is 1. The van der Waals surface area contributed by atoms with Gasteiger partial charge in [0.2, 0.25) is 11.7 Å². The Bertz CT molecular complexity index is 1110. The van der Waals surface area contributed by atoms with Crippen LogP contribution in [0, 0.1) is 6.92 Å². The molecule has 7 nitrogen and oxygen atoms in total. The highest BCUT2D eigenvalue weighted by atomic mass is 16.5. The normalized spacial score (nSPS) is 17.3. The zero-order valence-corrected chi connectivity index (χ0v) is 19.8. The third kappa shape index (κ3) is 5.30. The van der Waals surface area contributed by atoms with Crippen molar-refractivity contribution in [3.63, 3.8) is 0 Å². The van der Waals surface area contributed by atoms with E-state index < -0.39 is 0 Å². The Morgan fingerprint density at radius 2 is 1.85 bits per heavy atom. The number of para-hydroxylation sites is 1. The van der Waals surface area contributed by atoms with E-state index in [4.69, 9.17) is 9.26 Å². The Balaban J connectivity index is 1.12. The van der Waals surface area contributed by atoms with Crippen LogP contribution < -0.4 is 4.74 Å². The van der Waals surface area contributed by atoms with Crippen LogP contribution in [0.4, 0.5) is 0 Å². The molecule has 2 aromatic carbocycles. The van der Waals surface area contributed by atoms with E-state index in [1.54, 1.807) is 0 Å². The van der Waals surface area contributed by atoms with Crippen molar-refractivity contribution < 1.29 is 14.1 Å². The zero-order chi connectivity index (χ0) is 23.3. The maximum absolute atomic E-state index is 12.6. The minimum absolute atomic E-state index is 0.0417. The third-order valence-electron chi connectivity index (χ3n) is 6.91. The second-order valence-electron chi connectivity index (χ2n) is 9.35. The molecule has 0 atom stereocenters. The van der Waals surface area contributed by atoms with E-state index in [1.165, 1.54) is 18.4 Å². The van der Waals surface area contributed by atoms with E-state index in [1.807, 2.05) is 42.2 Å². The van der Waals surface area contributed by atoms with E-state index in [0.29, 0.717) is 24.8 Å². The standard InChI is InChI=1S/C27H32N4O3/c1-20-7-2-5-12-24(20)33-19-25(32)31-15-13-30(14-16-31)18-21-8-6-11-23(17-21)26-28-27(34-29-26)22-9-3-4-10-22/h2,5-8,11-12,17,22H,3-4,9-10,13-16,18-19H2,1H3. The number of hydrogen-bond donors (Lipinski definition) is 0. The molecule has 1 amide bonds. The second kappa shape index (κ2) is 10.4. The highest BCUT2D eigenvalue weighted by molar-refractivity contribution is 5.78. The van der Waals surface area contributed by atoms with Gasteiger partial charge in [-0.25, -0.2) is 0 Å². The van der Waals surface area contributed by atoms with Gasteiger partial charge in [0.05, 0.1) is 0 Å². The Morgan fingerprint density at radius 1 is 1.06 bits per heavy atom. The van der Waals surface area contributed by atoms with Crippen molar-refractivity contribution >= 4 is 5.91 Å². The van der Waals surface area contributed by atoms with Crippen molar-refractivity contribution in [3.8, 4) is 17.1 Å². The highest BCUT2D eigenvalue weighted by Crippen LogP contribution is 2.34. The fourth-order valence-electron chi connectivity index (χ4n) is 4.86. The second-order valence-corrected chi connectivity index (χ2v) is 9.35. The average molecular weight is 461 g/mol. The van der Waals surface area contributed by atoms with Gasteiger partial charge in [-0.3, -0.25) is 9.69 Å². The average Bonchev–Trinajstić information content (AvgIpc) is 3.56. The van der Waals surface area contributed by atoms with E-state index in [0.717, 1.165) is 55.2 Å². The van der Waals surface area contributed by atoms with Crippen molar-refractivity contribution in [1.82, 2.24) is 19.9 Å². The number of aromatic nitrogens is 2. The maximum atomic E-state index is 12.6. The van der Waals surface area contributed by atoms with Crippen molar-refractivity contribution in [1.29, 1.82) is 0 Å². The van der Waals surface area contributed by atoms with Gasteiger partial charge < -0.3 is 14.2 Å². The lowest BCUT2D eigenvalue weighted by molar-refractivity contribution is -0.135. The quantitative estimate of drug-likeness (QED) is 0.520. The summed E-state index contributed by atoms with van der Waals surface area (Å²) in [5.74, 6) is 2.69. The topological polar surface area (TPSA) is 71.7 Å². The van der Waals surface area contributed by atoms with E-state index in [9.17, 15) is 4.79 Å². The van der Waals surface area contributed by atoms with Crippen LogP contribution in [0.25, 0.3) is 11.4 Å². The molecule has 7 heteroatoms. The number of aryl methyl sites for hydroxylation is 1. The monoisotopic (exact) mass is 460 g/mol. The van der Waals surface area contributed by atoms with Crippen LogP contribution >= 0.6 is 0 Å². The van der Waals surface area contributed by atoms with E-state index in [2.05, 4.69) is 33.2 Å². The first-order chi connectivity index (χ1) is 16.7. The number of carbonyl (C=O) groups is 1. The summed E-state index contributed by atoms with van der Waals surface area (Å²) in [5, 5.41) is 4.24. The lowest BCUT2D eigenvalue weighted by Gasteiger charge is -2.34. The van der Waals surface area contributed by atoms with Crippen molar-refractivity contribution in [2.24, 2.45) is 0 Å². The molecule has 1 aliphatic carbocycles. The lowest BCUT2D eigenvalue weighted by Crippen LogP contribution is -2.49. The van der Waals surface area contributed by atoms with Crippen LogP contribution in [-0.2, 0) is 11.3 Å². The molecule has 34 heavy (non-hydrogen) atoms. The van der Waals surface area contributed by atoms with Crippen molar-refractivity contribution in [3.05, 3.63) is 65.5 Å². The van der Waals surface area contributed by atoms with Crippen LogP contribution in [0.1, 0.15) is 48.6 Å². The van der Waals surface area contributed by atoms with Gasteiger partial charge in [0, 0.05) is 44.2 Å². The van der Waals surface area contributed by atoms with Gasteiger partial charge in [0.25, 0.3) is 5.91 Å². The largest absolute Gasteiger partial charge is 0.484 e. The van der Waals surface area contributed by atoms with Gasteiger partial charge >= 0.3 is 0 Å². The number of hydrogen-bond acceptors (Lipinski definition) is 6. The molecule has 0 unspecified atom stereocenters. The predicted molar refractivity (Wildman–Crippen MR) is 129 cm³/mol. The van der Waals surface area contributed by atoms with Crippen molar-refractivity contribution in [2.75, 3.05) is 32.8 Å². The van der Waals surface area contributed by atoms with Gasteiger partial charge in [0.15, 0.2) is 6.61 Å². The van der Waals surface area contributed by atoms with Gasteiger partial charge in [-0.05, 0) is 43.0 Å². The summed E-state index contributed by atoms with van der Waals surface area (Å²) in [7, 11) is 0. The molecular weight excluding hydrogens is 428 g/mol. The molecule has 3 aromatic rings. The predicted octanol–water partition coefficient (Wildman–Crippen LogP) is 4.43. The SMILES string of the molecule is Cc1ccccc1OCC(=O)N1CCN(Cc2cccc(-c3noc(C4CCCC4)n3)c2)CC1. The molecule has 1 saturated heterocycles. The van der Waals surface area contributed by atoms with Gasteiger partial charge in [-0.2, -0.15) is 4.98 Å². The molecule has 1 aromatic heterocycles. The summed E-state index contributed by atoms with van der Waals surface area (Å²) in [6.07, 6.45) is 4.79. The molecule has 0 bridgehead atoms. The first-order valence-electron chi connectivity index (χ1n) is 12.3. The summed E-state index contributed by atoms with van der Waals surface area (Å²) >= 11 is 0. The van der Waals surface area contributed by atoms with Crippen LogP contribution in [0.15, 0.2) is 53.1 Å². The number of ether oxygens (including phenoxy) is 1. The molecule has 0 spiro atoms. The fraction of sp³-hybridized carbons (Fsp3) is 0.444. The first-order valence-corrected chi connectivity index (χ1v) is 12.3. The molecular formula is C27H32N4O3. The lowest BCUT2D eigenvalue weighted by atomic mass is 10.1. The highest BCUT2D eigenvalue weighted by Gasteiger charge is 2.24. The Hall–Kier alpha value is -3.19. The van der Waals surface area contributed by atoms with Crippen LogP contribution in [0.5, 0.6) is 5.75 Å². The molecule has 0 N–H and O–H groups in total. The summed E-state index contributed by atoms with van der Waals surface area (Å²) in [6.45, 7) is 6.02. The minimum Gasteiger partial charge on any atom is -0.484 e. The van der Waals surface area contributed by atoms with Gasteiger partial charge in [-0.15, -0.1) is 0 Å². The number of amides is 1. The molecule has 5 rings (SSSR count). The Kier molecular flexibility index (Phi) is 6.90. The van der Waals surface area contributed by atoms with Gasteiger partial charge in [0.1, 0.15) is 5.75 Å². The molecule has 2 heterocycles. The Morgan fingerprint density at radius 3 is 2.65 bits per heavy atom. The number of piperazine rings is 1. The summed E-state index contributed by atoms with van der Waals surface area (Å²) in [4.78, 5) is 21.6. The van der Waals surface area contributed by atoms with Crippen LogP contribution in [0.3, 0.4) is 0 Å². The number of benzene rings is 2.